The van der Waals surface area contributed by atoms with E-state index in [2.05, 4.69) is 0 Å². The van der Waals surface area contributed by atoms with Gasteiger partial charge in [0.1, 0.15) is 11.5 Å². The molecule has 0 spiro atoms. The largest absolute Gasteiger partial charge is 0.507 e. The van der Waals surface area contributed by atoms with Gasteiger partial charge in [-0.25, -0.2) is 0 Å². The summed E-state index contributed by atoms with van der Waals surface area (Å²) in [6, 6.07) is 15.6. The molecular formula is C24H21Cl2NO4. The van der Waals surface area contributed by atoms with Gasteiger partial charge < -0.3 is 10.2 Å². The third kappa shape index (κ3) is 5.25. The molecule has 0 heterocycles. The van der Waals surface area contributed by atoms with Crippen molar-refractivity contribution in [1.29, 1.82) is 0 Å². The molecule has 7 heteroatoms. The molecule has 3 aromatic carbocycles. The van der Waals surface area contributed by atoms with E-state index in [9.17, 15) is 19.8 Å². The second-order valence-corrected chi connectivity index (χ2v) is 8.11. The molecule has 0 fully saturated rings. The second kappa shape index (κ2) is 9.96. The van der Waals surface area contributed by atoms with E-state index in [1.165, 1.54) is 12.1 Å². The SMILES string of the molecule is C[C@H](c1ccccc1)N(Cc1cc(Cl)cc(C=O)c1O)Cc1cc(Cl)cc(C=O)c1O. The van der Waals surface area contributed by atoms with Crippen LogP contribution >= 0.6 is 23.2 Å². The van der Waals surface area contributed by atoms with Gasteiger partial charge in [0, 0.05) is 40.3 Å². The molecule has 0 aliphatic heterocycles. The van der Waals surface area contributed by atoms with Crippen molar-refractivity contribution >= 4 is 35.8 Å². The van der Waals surface area contributed by atoms with Crippen LogP contribution in [-0.4, -0.2) is 27.7 Å². The Morgan fingerprint density at radius 2 is 1.29 bits per heavy atom. The molecule has 3 rings (SSSR count). The molecule has 0 aromatic heterocycles. The average Bonchev–Trinajstić information content (AvgIpc) is 2.77. The molecule has 5 nitrogen and oxygen atoms in total. The summed E-state index contributed by atoms with van der Waals surface area (Å²) in [5.74, 6) is -0.290. The van der Waals surface area contributed by atoms with Crippen molar-refractivity contribution in [3.05, 3.63) is 92.5 Å². The Bertz CT molecular complexity index is 1040. The van der Waals surface area contributed by atoms with Gasteiger partial charge in [0.05, 0.1) is 11.1 Å². The van der Waals surface area contributed by atoms with Gasteiger partial charge in [0.2, 0.25) is 0 Å². The van der Waals surface area contributed by atoms with Gasteiger partial charge in [-0.1, -0.05) is 53.5 Å². The molecule has 0 radical (unpaired) electrons. The van der Waals surface area contributed by atoms with Crippen molar-refractivity contribution in [2.75, 3.05) is 0 Å². The highest BCUT2D eigenvalue weighted by Crippen LogP contribution is 2.34. The van der Waals surface area contributed by atoms with Crippen LogP contribution in [0.5, 0.6) is 11.5 Å². The molecule has 0 aliphatic carbocycles. The number of aldehydes is 2. The van der Waals surface area contributed by atoms with Gasteiger partial charge in [0.25, 0.3) is 0 Å². The van der Waals surface area contributed by atoms with Crippen LogP contribution in [0.2, 0.25) is 10.0 Å². The van der Waals surface area contributed by atoms with E-state index in [0.29, 0.717) is 33.7 Å². The normalized spacial score (nSPS) is 12.0. The lowest BCUT2D eigenvalue weighted by Crippen LogP contribution is -2.26. The highest BCUT2D eigenvalue weighted by atomic mass is 35.5. The quantitative estimate of drug-likeness (QED) is 0.418. The van der Waals surface area contributed by atoms with Gasteiger partial charge in [0.15, 0.2) is 12.6 Å². The number of halogens is 2. The third-order valence-electron chi connectivity index (χ3n) is 5.20. The fourth-order valence-corrected chi connectivity index (χ4v) is 3.99. The zero-order valence-electron chi connectivity index (χ0n) is 16.8. The Labute approximate surface area is 190 Å². The zero-order valence-corrected chi connectivity index (χ0v) is 18.3. The predicted octanol–water partition coefficient (Wildman–Crippen LogP) is 5.79. The van der Waals surface area contributed by atoms with Crippen LogP contribution in [0.1, 0.15) is 50.4 Å². The summed E-state index contributed by atoms with van der Waals surface area (Å²) in [5, 5.41) is 21.7. The Kier molecular flexibility index (Phi) is 7.33. The van der Waals surface area contributed by atoms with Crippen molar-refractivity contribution < 1.29 is 19.8 Å². The smallest absolute Gasteiger partial charge is 0.153 e. The Hall–Kier alpha value is -2.86. The van der Waals surface area contributed by atoms with Crippen LogP contribution in [0.4, 0.5) is 0 Å². The average molecular weight is 458 g/mol. The summed E-state index contributed by atoms with van der Waals surface area (Å²) in [7, 11) is 0. The zero-order chi connectivity index (χ0) is 22.5. The van der Waals surface area contributed by atoms with Crippen LogP contribution in [0, 0.1) is 0 Å². The number of phenolic OH excluding ortho intramolecular Hbond substituents is 2. The Balaban J connectivity index is 2.05. The molecule has 2 N–H and O–H groups in total. The number of carbonyl (C=O) groups excluding carboxylic acids is 2. The summed E-state index contributed by atoms with van der Waals surface area (Å²) in [6.07, 6.45) is 1.10. The maximum atomic E-state index is 11.3. The fourth-order valence-electron chi connectivity index (χ4n) is 3.49. The van der Waals surface area contributed by atoms with E-state index in [4.69, 9.17) is 23.2 Å². The third-order valence-corrected chi connectivity index (χ3v) is 5.63. The van der Waals surface area contributed by atoms with E-state index < -0.39 is 0 Å². The van der Waals surface area contributed by atoms with Crippen LogP contribution in [0.15, 0.2) is 54.6 Å². The van der Waals surface area contributed by atoms with E-state index in [0.717, 1.165) is 5.56 Å². The summed E-state index contributed by atoms with van der Waals surface area (Å²) in [4.78, 5) is 24.6. The van der Waals surface area contributed by atoms with Gasteiger partial charge >= 0.3 is 0 Å². The molecule has 0 unspecified atom stereocenters. The second-order valence-electron chi connectivity index (χ2n) is 7.23. The first-order valence-corrected chi connectivity index (χ1v) is 10.3. The van der Waals surface area contributed by atoms with Crippen LogP contribution in [0.25, 0.3) is 0 Å². The number of hydrogen-bond donors (Lipinski definition) is 2. The fraction of sp³-hybridized carbons (Fsp3) is 0.167. The molecule has 0 saturated heterocycles. The van der Waals surface area contributed by atoms with Crippen molar-refractivity contribution in [2.45, 2.75) is 26.1 Å². The van der Waals surface area contributed by atoms with Crippen molar-refractivity contribution in [3.63, 3.8) is 0 Å². The number of rotatable bonds is 8. The minimum atomic E-state index is -0.145. The molecule has 0 saturated carbocycles. The van der Waals surface area contributed by atoms with Gasteiger partial charge in [-0.3, -0.25) is 14.5 Å². The Morgan fingerprint density at radius 3 is 1.71 bits per heavy atom. The van der Waals surface area contributed by atoms with Crippen LogP contribution in [-0.2, 0) is 13.1 Å². The van der Waals surface area contributed by atoms with E-state index in [1.54, 1.807) is 12.1 Å². The predicted molar refractivity (Wildman–Crippen MR) is 121 cm³/mol. The molecule has 0 aliphatic rings. The van der Waals surface area contributed by atoms with Crippen molar-refractivity contribution in [1.82, 2.24) is 4.90 Å². The standard InChI is InChI=1S/C24H21Cl2NO4/c1-15(16-5-3-2-4-6-16)27(11-17-7-21(25)9-19(13-28)23(17)30)12-18-8-22(26)10-20(14-29)24(18)31/h2-10,13-15,30-31H,11-12H2,1H3/t15-/m1/s1. The molecule has 1 atom stereocenters. The van der Waals surface area contributed by atoms with Gasteiger partial charge in [-0.2, -0.15) is 0 Å². The first-order chi connectivity index (χ1) is 14.8. The number of nitrogens with zero attached hydrogens (tertiary/aromatic N) is 1. The van der Waals surface area contributed by atoms with Crippen molar-refractivity contribution in [3.8, 4) is 11.5 Å². The summed E-state index contributed by atoms with van der Waals surface area (Å²) >= 11 is 12.3. The molecule has 3 aromatic rings. The topological polar surface area (TPSA) is 77.8 Å². The number of phenols is 2. The molecule has 0 amide bonds. The summed E-state index contributed by atoms with van der Waals surface area (Å²) in [6.45, 7) is 2.44. The monoisotopic (exact) mass is 457 g/mol. The van der Waals surface area contributed by atoms with E-state index in [1.807, 2.05) is 42.2 Å². The van der Waals surface area contributed by atoms with Gasteiger partial charge in [-0.15, -0.1) is 0 Å². The lowest BCUT2D eigenvalue weighted by atomic mass is 10.0. The summed E-state index contributed by atoms with van der Waals surface area (Å²) in [5.41, 5.74) is 2.15. The first kappa shape index (κ1) is 22.8. The lowest BCUT2D eigenvalue weighted by molar-refractivity contribution is 0.111. The van der Waals surface area contributed by atoms with E-state index >= 15 is 0 Å². The minimum absolute atomic E-state index is 0.101. The Morgan fingerprint density at radius 1 is 0.839 bits per heavy atom. The van der Waals surface area contributed by atoms with Crippen LogP contribution < -0.4 is 0 Å². The molecular weight excluding hydrogens is 437 g/mol. The highest BCUT2D eigenvalue weighted by Gasteiger charge is 2.22. The molecule has 31 heavy (non-hydrogen) atoms. The van der Waals surface area contributed by atoms with Crippen LogP contribution in [0.3, 0.4) is 0 Å². The van der Waals surface area contributed by atoms with Crippen molar-refractivity contribution in [2.24, 2.45) is 0 Å². The maximum absolute atomic E-state index is 11.3. The number of aromatic hydroxyl groups is 2. The number of benzene rings is 3. The molecule has 0 bridgehead atoms. The number of carbonyl (C=O) groups is 2. The molecule has 160 valence electrons. The first-order valence-electron chi connectivity index (χ1n) is 9.56. The maximum Gasteiger partial charge on any atom is 0.153 e. The highest BCUT2D eigenvalue weighted by molar-refractivity contribution is 6.31. The van der Waals surface area contributed by atoms with E-state index in [-0.39, 0.29) is 41.8 Å². The lowest BCUT2D eigenvalue weighted by Gasteiger charge is -2.30. The minimum Gasteiger partial charge on any atom is -0.507 e. The van der Waals surface area contributed by atoms with Gasteiger partial charge in [-0.05, 0) is 36.8 Å². The number of hydrogen-bond acceptors (Lipinski definition) is 5. The summed E-state index contributed by atoms with van der Waals surface area (Å²) < 4.78 is 0.